The molecule has 0 radical (unpaired) electrons. The third kappa shape index (κ3) is 2.36. The smallest absolute Gasteiger partial charge is 0.223 e. The van der Waals surface area contributed by atoms with E-state index in [-0.39, 0.29) is 30.4 Å². The van der Waals surface area contributed by atoms with E-state index in [0.29, 0.717) is 0 Å². The van der Waals surface area contributed by atoms with Crippen LogP contribution in [0.25, 0.3) is 0 Å². The highest BCUT2D eigenvalue weighted by atomic mass is 16.3. The van der Waals surface area contributed by atoms with Gasteiger partial charge in [0.05, 0.1) is 12.7 Å². The molecule has 0 aromatic rings. The number of carbonyl (C=O) groups is 1. The molecule has 4 N–H and O–H groups in total. The van der Waals surface area contributed by atoms with Gasteiger partial charge in [-0.1, -0.05) is 0 Å². The van der Waals surface area contributed by atoms with E-state index in [9.17, 15) is 4.79 Å². The number of rotatable bonds is 4. The van der Waals surface area contributed by atoms with Crippen molar-refractivity contribution in [2.75, 3.05) is 26.2 Å². The van der Waals surface area contributed by atoms with E-state index in [1.807, 2.05) is 0 Å². The second-order valence-corrected chi connectivity index (χ2v) is 4.95. The molecular weight excluding hydrogens is 208 g/mol. The van der Waals surface area contributed by atoms with Crippen LogP contribution in [0.4, 0.5) is 0 Å². The molecule has 2 fully saturated rings. The SMILES string of the molecule is O=C(NCC(O)CO)C1CC12CCNCC2. The summed E-state index contributed by atoms with van der Waals surface area (Å²) >= 11 is 0. The number of hydrogen-bond donors (Lipinski definition) is 4. The third-order valence-corrected chi connectivity index (χ3v) is 3.83. The minimum Gasteiger partial charge on any atom is -0.394 e. The summed E-state index contributed by atoms with van der Waals surface area (Å²) in [5.74, 6) is 0.162. The van der Waals surface area contributed by atoms with Crippen LogP contribution in [0.3, 0.4) is 0 Å². The molecule has 1 aliphatic carbocycles. The van der Waals surface area contributed by atoms with Crippen molar-refractivity contribution >= 4 is 5.91 Å². The van der Waals surface area contributed by atoms with Gasteiger partial charge in [0.1, 0.15) is 0 Å². The lowest BCUT2D eigenvalue weighted by atomic mass is 9.92. The monoisotopic (exact) mass is 228 g/mol. The molecule has 1 aliphatic heterocycles. The molecule has 1 saturated heterocycles. The highest BCUT2D eigenvalue weighted by Crippen LogP contribution is 2.58. The van der Waals surface area contributed by atoms with E-state index in [0.717, 1.165) is 32.4 Å². The Bertz CT molecular complexity index is 264. The van der Waals surface area contributed by atoms with Gasteiger partial charge >= 0.3 is 0 Å². The lowest BCUT2D eigenvalue weighted by molar-refractivity contribution is -0.123. The Hall–Kier alpha value is -0.650. The van der Waals surface area contributed by atoms with Crippen molar-refractivity contribution in [3.63, 3.8) is 0 Å². The van der Waals surface area contributed by atoms with E-state index in [2.05, 4.69) is 10.6 Å². The molecule has 16 heavy (non-hydrogen) atoms. The van der Waals surface area contributed by atoms with Crippen LogP contribution < -0.4 is 10.6 Å². The van der Waals surface area contributed by atoms with Gasteiger partial charge in [0.15, 0.2) is 0 Å². The minimum atomic E-state index is -0.841. The summed E-state index contributed by atoms with van der Waals surface area (Å²) in [5.41, 5.74) is 0.236. The van der Waals surface area contributed by atoms with Gasteiger partial charge in [0.25, 0.3) is 0 Å². The molecule has 0 bridgehead atoms. The molecule has 2 rings (SSSR count). The molecule has 2 atom stereocenters. The fourth-order valence-electron chi connectivity index (χ4n) is 2.60. The summed E-state index contributed by atoms with van der Waals surface area (Å²) in [6.45, 7) is 1.85. The Morgan fingerprint density at radius 3 is 2.81 bits per heavy atom. The molecule has 5 heteroatoms. The number of amides is 1. The second kappa shape index (κ2) is 4.69. The summed E-state index contributed by atoms with van der Waals surface area (Å²) < 4.78 is 0. The van der Waals surface area contributed by atoms with E-state index >= 15 is 0 Å². The largest absolute Gasteiger partial charge is 0.394 e. The Morgan fingerprint density at radius 1 is 1.50 bits per heavy atom. The van der Waals surface area contributed by atoms with E-state index in [4.69, 9.17) is 10.2 Å². The van der Waals surface area contributed by atoms with Gasteiger partial charge in [-0.15, -0.1) is 0 Å². The first-order chi connectivity index (χ1) is 7.68. The average molecular weight is 228 g/mol. The first-order valence-electron chi connectivity index (χ1n) is 5.95. The number of carbonyl (C=O) groups excluding carboxylic acids is 1. The zero-order chi connectivity index (χ0) is 11.6. The highest BCUT2D eigenvalue weighted by molar-refractivity contribution is 5.82. The quantitative estimate of drug-likeness (QED) is 0.489. The van der Waals surface area contributed by atoms with Crippen LogP contribution in [0, 0.1) is 11.3 Å². The maximum absolute atomic E-state index is 11.8. The van der Waals surface area contributed by atoms with Crippen molar-refractivity contribution < 1.29 is 15.0 Å². The number of piperidine rings is 1. The fourth-order valence-corrected chi connectivity index (χ4v) is 2.60. The normalized spacial score (nSPS) is 28.8. The predicted octanol–water partition coefficient (Wildman–Crippen LogP) is -1.15. The van der Waals surface area contributed by atoms with Crippen LogP contribution in [0.5, 0.6) is 0 Å². The molecule has 0 aromatic carbocycles. The predicted molar refractivity (Wildman–Crippen MR) is 58.7 cm³/mol. The second-order valence-electron chi connectivity index (χ2n) is 4.95. The topological polar surface area (TPSA) is 81.6 Å². The first-order valence-corrected chi connectivity index (χ1v) is 5.95. The zero-order valence-electron chi connectivity index (χ0n) is 9.41. The fraction of sp³-hybridized carbons (Fsp3) is 0.909. The van der Waals surface area contributed by atoms with Gasteiger partial charge in [0.2, 0.25) is 5.91 Å². The van der Waals surface area contributed by atoms with Gasteiger partial charge in [0, 0.05) is 12.5 Å². The molecule has 2 aliphatic rings. The number of nitrogens with one attached hydrogen (secondary N) is 2. The molecule has 1 amide bonds. The van der Waals surface area contributed by atoms with Crippen molar-refractivity contribution in [3.8, 4) is 0 Å². The van der Waals surface area contributed by atoms with Crippen molar-refractivity contribution in [2.24, 2.45) is 11.3 Å². The third-order valence-electron chi connectivity index (χ3n) is 3.83. The summed E-state index contributed by atoms with van der Waals surface area (Å²) in [7, 11) is 0. The average Bonchev–Trinajstić information content (AvgIpc) is 3.00. The summed E-state index contributed by atoms with van der Waals surface area (Å²) in [6, 6.07) is 0. The summed E-state index contributed by atoms with van der Waals surface area (Å²) in [4.78, 5) is 11.8. The molecule has 2 unspecified atom stereocenters. The van der Waals surface area contributed by atoms with Gasteiger partial charge in [-0.2, -0.15) is 0 Å². The van der Waals surface area contributed by atoms with Crippen molar-refractivity contribution in [3.05, 3.63) is 0 Å². The van der Waals surface area contributed by atoms with E-state index in [1.165, 1.54) is 0 Å². The van der Waals surface area contributed by atoms with Crippen LogP contribution in [0.2, 0.25) is 0 Å². The van der Waals surface area contributed by atoms with Crippen LogP contribution in [-0.4, -0.2) is 48.5 Å². The summed E-state index contributed by atoms with van der Waals surface area (Å²) in [6.07, 6.45) is 2.29. The molecule has 1 heterocycles. The van der Waals surface area contributed by atoms with Gasteiger partial charge in [-0.05, 0) is 37.8 Å². The van der Waals surface area contributed by atoms with Crippen molar-refractivity contribution in [1.29, 1.82) is 0 Å². The van der Waals surface area contributed by atoms with Crippen molar-refractivity contribution in [1.82, 2.24) is 10.6 Å². The summed E-state index contributed by atoms with van der Waals surface area (Å²) in [5, 5.41) is 23.8. The van der Waals surface area contributed by atoms with Gasteiger partial charge < -0.3 is 20.8 Å². The van der Waals surface area contributed by atoms with Crippen LogP contribution in [-0.2, 0) is 4.79 Å². The Balaban J connectivity index is 1.75. The molecule has 1 saturated carbocycles. The minimum absolute atomic E-state index is 0.0365. The molecule has 0 aromatic heterocycles. The maximum atomic E-state index is 11.8. The van der Waals surface area contributed by atoms with Gasteiger partial charge in [-0.3, -0.25) is 4.79 Å². The lowest BCUT2D eigenvalue weighted by Crippen LogP contribution is -2.37. The van der Waals surface area contributed by atoms with E-state index < -0.39 is 6.10 Å². The van der Waals surface area contributed by atoms with Crippen LogP contribution in [0.15, 0.2) is 0 Å². The zero-order valence-corrected chi connectivity index (χ0v) is 9.41. The maximum Gasteiger partial charge on any atom is 0.223 e. The highest BCUT2D eigenvalue weighted by Gasteiger charge is 2.57. The molecular formula is C11H20N2O3. The number of aliphatic hydroxyl groups is 2. The lowest BCUT2D eigenvalue weighted by Gasteiger charge is -2.23. The first kappa shape index (κ1) is 11.8. The van der Waals surface area contributed by atoms with Crippen LogP contribution >= 0.6 is 0 Å². The van der Waals surface area contributed by atoms with Crippen LogP contribution in [0.1, 0.15) is 19.3 Å². The Labute approximate surface area is 95.2 Å². The number of aliphatic hydroxyl groups excluding tert-OH is 2. The molecule has 1 spiro atoms. The number of hydrogen-bond acceptors (Lipinski definition) is 4. The molecule has 5 nitrogen and oxygen atoms in total. The van der Waals surface area contributed by atoms with Crippen molar-refractivity contribution in [2.45, 2.75) is 25.4 Å². The Morgan fingerprint density at radius 2 is 2.19 bits per heavy atom. The standard InChI is InChI=1S/C11H20N2O3/c14-7-8(15)6-13-10(16)9-5-11(9)1-3-12-4-2-11/h8-9,12,14-15H,1-7H2,(H,13,16). The van der Waals surface area contributed by atoms with Gasteiger partial charge in [-0.25, -0.2) is 0 Å². The van der Waals surface area contributed by atoms with E-state index in [1.54, 1.807) is 0 Å². The molecule has 92 valence electrons. The Kier molecular flexibility index (Phi) is 3.47.